The van der Waals surface area contributed by atoms with Crippen molar-refractivity contribution in [3.05, 3.63) is 33.8 Å². The van der Waals surface area contributed by atoms with Crippen LogP contribution in [0.2, 0.25) is 0 Å². The van der Waals surface area contributed by atoms with Crippen LogP contribution in [-0.2, 0) is 9.84 Å². The van der Waals surface area contributed by atoms with Crippen LogP contribution in [0.3, 0.4) is 0 Å². The van der Waals surface area contributed by atoms with Gasteiger partial charge in [-0.3, -0.25) is 0 Å². The Hall–Kier alpha value is -0.390. The number of benzene rings is 1. The molecule has 1 rings (SSSR count). The van der Waals surface area contributed by atoms with Crippen molar-refractivity contribution >= 4 is 25.8 Å². The molecule has 0 spiro atoms. The van der Waals surface area contributed by atoms with Gasteiger partial charge in [-0.05, 0) is 43.5 Å². The van der Waals surface area contributed by atoms with E-state index >= 15 is 0 Å². The van der Waals surface area contributed by atoms with E-state index in [0.717, 1.165) is 17.4 Å². The van der Waals surface area contributed by atoms with E-state index in [9.17, 15) is 8.42 Å². The fourth-order valence-electron chi connectivity index (χ4n) is 2.27. The van der Waals surface area contributed by atoms with Crippen LogP contribution in [0.25, 0.3) is 0 Å². The number of nitrogens with one attached hydrogen (secondary N) is 1. The molecule has 20 heavy (non-hydrogen) atoms. The van der Waals surface area contributed by atoms with Gasteiger partial charge in [0, 0.05) is 16.3 Å². The van der Waals surface area contributed by atoms with E-state index in [1.165, 1.54) is 11.1 Å². The van der Waals surface area contributed by atoms with E-state index in [2.05, 4.69) is 41.2 Å². The van der Waals surface area contributed by atoms with E-state index in [1.54, 1.807) is 6.92 Å². The molecule has 1 aromatic rings. The number of rotatable bonds is 8. The van der Waals surface area contributed by atoms with Crippen molar-refractivity contribution in [1.82, 2.24) is 5.32 Å². The standard InChI is InChI=1S/C15H24BrNO2S/c1-4-17-15(10-7-11-20(18,19)5-2)13-8-6-9-14(16)12(13)3/h6,8-9,15,17H,4-5,7,10-11H2,1-3H3. The lowest BCUT2D eigenvalue weighted by molar-refractivity contribution is 0.504. The van der Waals surface area contributed by atoms with E-state index in [-0.39, 0.29) is 17.5 Å². The van der Waals surface area contributed by atoms with Crippen LogP contribution >= 0.6 is 15.9 Å². The van der Waals surface area contributed by atoms with E-state index < -0.39 is 9.84 Å². The Kier molecular flexibility index (Phi) is 7.20. The number of sulfone groups is 1. The minimum absolute atomic E-state index is 0.213. The maximum Gasteiger partial charge on any atom is 0.150 e. The Labute approximate surface area is 131 Å². The van der Waals surface area contributed by atoms with Gasteiger partial charge in [-0.15, -0.1) is 0 Å². The molecule has 0 aliphatic heterocycles. The number of halogens is 1. The zero-order valence-corrected chi connectivity index (χ0v) is 14.9. The third kappa shape index (κ3) is 5.19. The number of hydrogen-bond acceptors (Lipinski definition) is 3. The molecule has 1 atom stereocenters. The van der Waals surface area contributed by atoms with Gasteiger partial charge in [0.05, 0.1) is 5.75 Å². The van der Waals surface area contributed by atoms with E-state index in [0.29, 0.717) is 6.42 Å². The first-order valence-corrected chi connectivity index (χ1v) is 9.71. The molecule has 1 N–H and O–H groups in total. The summed E-state index contributed by atoms with van der Waals surface area (Å²) in [5.74, 6) is 0.507. The molecule has 0 radical (unpaired) electrons. The molecule has 0 saturated heterocycles. The molecule has 0 amide bonds. The maximum atomic E-state index is 11.6. The van der Waals surface area contributed by atoms with Gasteiger partial charge in [0.2, 0.25) is 0 Å². The largest absolute Gasteiger partial charge is 0.310 e. The molecule has 0 aromatic heterocycles. The van der Waals surface area contributed by atoms with Gasteiger partial charge in [0.25, 0.3) is 0 Å². The van der Waals surface area contributed by atoms with Crippen LogP contribution in [0.15, 0.2) is 22.7 Å². The van der Waals surface area contributed by atoms with Crippen LogP contribution in [0.4, 0.5) is 0 Å². The van der Waals surface area contributed by atoms with Gasteiger partial charge in [-0.2, -0.15) is 0 Å². The molecule has 5 heteroatoms. The molecular formula is C15H24BrNO2S. The Morgan fingerprint density at radius 3 is 2.60 bits per heavy atom. The SMILES string of the molecule is CCNC(CCCS(=O)(=O)CC)c1cccc(Br)c1C. The highest BCUT2D eigenvalue weighted by Gasteiger charge is 2.15. The smallest absolute Gasteiger partial charge is 0.150 e. The molecule has 0 heterocycles. The highest BCUT2D eigenvalue weighted by Crippen LogP contribution is 2.27. The molecule has 0 saturated carbocycles. The second-order valence-electron chi connectivity index (χ2n) is 4.94. The molecule has 3 nitrogen and oxygen atoms in total. The average Bonchev–Trinajstić information content (AvgIpc) is 2.41. The summed E-state index contributed by atoms with van der Waals surface area (Å²) in [4.78, 5) is 0. The molecule has 1 unspecified atom stereocenters. The Bertz CT molecular complexity index is 529. The Balaban J connectivity index is 2.77. The van der Waals surface area contributed by atoms with Gasteiger partial charge >= 0.3 is 0 Å². The minimum Gasteiger partial charge on any atom is -0.310 e. The molecular weight excluding hydrogens is 338 g/mol. The summed E-state index contributed by atoms with van der Waals surface area (Å²) in [5.41, 5.74) is 2.46. The summed E-state index contributed by atoms with van der Waals surface area (Å²) in [5, 5.41) is 3.46. The lowest BCUT2D eigenvalue weighted by Crippen LogP contribution is -2.22. The molecule has 0 aliphatic carbocycles. The predicted molar refractivity (Wildman–Crippen MR) is 88.9 cm³/mol. The maximum absolute atomic E-state index is 11.6. The first-order chi connectivity index (χ1) is 9.41. The van der Waals surface area contributed by atoms with Crippen molar-refractivity contribution in [1.29, 1.82) is 0 Å². The zero-order valence-electron chi connectivity index (χ0n) is 12.4. The third-order valence-corrected chi connectivity index (χ3v) is 6.17. The van der Waals surface area contributed by atoms with Gasteiger partial charge in [-0.1, -0.05) is 41.9 Å². The van der Waals surface area contributed by atoms with Gasteiger partial charge in [-0.25, -0.2) is 8.42 Å². The second kappa shape index (κ2) is 8.15. The van der Waals surface area contributed by atoms with Crippen molar-refractivity contribution in [3.63, 3.8) is 0 Å². The normalized spacial score (nSPS) is 13.4. The monoisotopic (exact) mass is 361 g/mol. The summed E-state index contributed by atoms with van der Waals surface area (Å²) in [6, 6.07) is 6.38. The van der Waals surface area contributed by atoms with E-state index in [4.69, 9.17) is 0 Å². The van der Waals surface area contributed by atoms with Gasteiger partial charge in [0.15, 0.2) is 0 Å². The molecule has 0 aliphatic rings. The fraction of sp³-hybridized carbons (Fsp3) is 0.600. The van der Waals surface area contributed by atoms with Crippen molar-refractivity contribution in [2.24, 2.45) is 0 Å². The van der Waals surface area contributed by atoms with Crippen molar-refractivity contribution in [2.45, 2.75) is 39.7 Å². The quantitative estimate of drug-likeness (QED) is 0.768. The van der Waals surface area contributed by atoms with Gasteiger partial charge < -0.3 is 5.32 Å². The van der Waals surface area contributed by atoms with Crippen LogP contribution in [-0.4, -0.2) is 26.5 Å². The summed E-state index contributed by atoms with van der Waals surface area (Å²) in [6.45, 7) is 6.74. The van der Waals surface area contributed by atoms with Crippen molar-refractivity contribution in [3.8, 4) is 0 Å². The van der Waals surface area contributed by atoms with Gasteiger partial charge in [0.1, 0.15) is 9.84 Å². The summed E-state index contributed by atoms with van der Waals surface area (Å²) in [7, 11) is -2.87. The molecule has 114 valence electrons. The van der Waals surface area contributed by atoms with Crippen molar-refractivity contribution in [2.75, 3.05) is 18.1 Å². The Morgan fingerprint density at radius 1 is 1.30 bits per heavy atom. The van der Waals surface area contributed by atoms with Crippen LogP contribution < -0.4 is 5.32 Å². The average molecular weight is 362 g/mol. The van der Waals surface area contributed by atoms with Crippen LogP contribution in [0, 0.1) is 6.92 Å². The predicted octanol–water partition coefficient (Wildman–Crippen LogP) is 3.62. The highest BCUT2D eigenvalue weighted by molar-refractivity contribution is 9.10. The highest BCUT2D eigenvalue weighted by atomic mass is 79.9. The lowest BCUT2D eigenvalue weighted by Gasteiger charge is -2.21. The first kappa shape index (κ1) is 17.7. The van der Waals surface area contributed by atoms with Crippen LogP contribution in [0.1, 0.15) is 43.9 Å². The third-order valence-electron chi connectivity index (χ3n) is 3.52. The Morgan fingerprint density at radius 2 is 2.00 bits per heavy atom. The van der Waals surface area contributed by atoms with Crippen LogP contribution in [0.5, 0.6) is 0 Å². The minimum atomic E-state index is -2.87. The summed E-state index contributed by atoms with van der Waals surface area (Å²) >= 11 is 3.55. The first-order valence-electron chi connectivity index (χ1n) is 7.10. The lowest BCUT2D eigenvalue weighted by atomic mass is 9.98. The second-order valence-corrected chi connectivity index (χ2v) is 8.27. The molecule has 0 fully saturated rings. The van der Waals surface area contributed by atoms with E-state index in [1.807, 2.05) is 12.1 Å². The molecule has 0 bridgehead atoms. The van der Waals surface area contributed by atoms with Crippen molar-refractivity contribution < 1.29 is 8.42 Å². The number of hydrogen-bond donors (Lipinski definition) is 1. The summed E-state index contributed by atoms with van der Waals surface area (Å²) in [6.07, 6.45) is 1.53. The topological polar surface area (TPSA) is 46.2 Å². The summed E-state index contributed by atoms with van der Waals surface area (Å²) < 4.78 is 24.2. The zero-order chi connectivity index (χ0) is 15.2. The molecule has 1 aromatic carbocycles. The fourth-order valence-corrected chi connectivity index (χ4v) is 3.54.